The summed E-state index contributed by atoms with van der Waals surface area (Å²) in [7, 11) is 0. The number of hydrogen-bond acceptors (Lipinski definition) is 5. The van der Waals surface area contributed by atoms with Gasteiger partial charge in [0.2, 0.25) is 0 Å². The summed E-state index contributed by atoms with van der Waals surface area (Å²) in [5.74, 6) is -1.41. The van der Waals surface area contributed by atoms with E-state index in [1.807, 2.05) is 12.1 Å². The van der Waals surface area contributed by atoms with E-state index in [4.69, 9.17) is 5.11 Å². The van der Waals surface area contributed by atoms with Crippen molar-refractivity contribution in [3.05, 3.63) is 46.9 Å². The maximum Gasteiger partial charge on any atom is 0.339 e. The highest BCUT2D eigenvalue weighted by molar-refractivity contribution is 7.17. The highest BCUT2D eigenvalue weighted by Crippen LogP contribution is 2.32. The molecular weight excluding hydrogens is 328 g/mol. The van der Waals surface area contributed by atoms with Crippen LogP contribution in [0.3, 0.4) is 0 Å². The van der Waals surface area contributed by atoms with Crippen LogP contribution in [0, 0.1) is 0 Å². The highest BCUT2D eigenvalue weighted by atomic mass is 32.1. The topological polar surface area (TPSA) is 98.0 Å². The van der Waals surface area contributed by atoms with Gasteiger partial charge < -0.3 is 20.4 Å². The van der Waals surface area contributed by atoms with Gasteiger partial charge in [-0.2, -0.15) is 0 Å². The third-order valence-electron chi connectivity index (χ3n) is 4.53. The molecule has 3 atom stereocenters. The first-order valence-corrected chi connectivity index (χ1v) is 8.77. The molecule has 4 N–H and O–H groups in total. The maximum absolute atomic E-state index is 11.2. The van der Waals surface area contributed by atoms with Gasteiger partial charge in [-0.3, -0.25) is 0 Å². The third-order valence-corrected chi connectivity index (χ3v) is 5.54. The summed E-state index contributed by atoms with van der Waals surface area (Å²) < 4.78 is 1.22. The Hall–Kier alpha value is -1.73. The molecule has 0 fully saturated rings. The SMILES string of the molecule is O=C(O)[C@]1(O)C=C(CCCc2csc3ccccc23)C(O)C(O)C1. The lowest BCUT2D eigenvalue weighted by Gasteiger charge is -2.33. The minimum atomic E-state index is -2.11. The molecule has 2 unspecified atom stereocenters. The van der Waals surface area contributed by atoms with Crippen LogP contribution in [0.2, 0.25) is 0 Å². The third kappa shape index (κ3) is 3.23. The summed E-state index contributed by atoms with van der Waals surface area (Å²) >= 11 is 1.68. The van der Waals surface area contributed by atoms with Crippen LogP contribution in [0.4, 0.5) is 0 Å². The lowest BCUT2D eigenvalue weighted by molar-refractivity contribution is -0.158. The molecule has 3 rings (SSSR count). The van der Waals surface area contributed by atoms with Crippen molar-refractivity contribution < 1.29 is 25.2 Å². The maximum atomic E-state index is 11.2. The standard InChI is InChI=1S/C18H20O5S/c19-14-9-18(23,17(21)22)8-11(16(14)20)4-3-5-12-10-24-15-7-2-1-6-13(12)15/h1-2,6-8,10,14,16,19-20,23H,3-5,9H2,(H,21,22)/t14?,16?,18-/m0/s1. The molecule has 0 saturated heterocycles. The second-order valence-corrected chi connectivity index (χ2v) is 7.19. The van der Waals surface area contributed by atoms with Gasteiger partial charge >= 0.3 is 5.97 Å². The summed E-state index contributed by atoms with van der Waals surface area (Å²) in [5, 5.41) is 42.4. The fraction of sp³-hybridized carbons (Fsp3) is 0.389. The van der Waals surface area contributed by atoms with Crippen molar-refractivity contribution >= 4 is 27.4 Å². The molecule has 1 aromatic heterocycles. The van der Waals surface area contributed by atoms with Crippen LogP contribution < -0.4 is 0 Å². The minimum Gasteiger partial charge on any atom is -0.479 e. The molecule has 24 heavy (non-hydrogen) atoms. The molecular formula is C18H20O5S. The van der Waals surface area contributed by atoms with E-state index in [0.717, 1.165) is 6.42 Å². The minimum absolute atomic E-state index is 0.387. The van der Waals surface area contributed by atoms with Crippen LogP contribution >= 0.6 is 11.3 Å². The van der Waals surface area contributed by atoms with Gasteiger partial charge in [-0.25, -0.2) is 4.79 Å². The zero-order chi connectivity index (χ0) is 17.3. The number of carboxylic acids is 1. The van der Waals surface area contributed by atoms with E-state index in [9.17, 15) is 20.1 Å². The monoisotopic (exact) mass is 348 g/mol. The second kappa shape index (κ2) is 6.64. The molecule has 0 spiro atoms. The number of thiophene rings is 1. The van der Waals surface area contributed by atoms with E-state index in [2.05, 4.69) is 17.5 Å². The number of benzene rings is 1. The number of aliphatic carboxylic acids is 1. The number of fused-ring (bicyclic) bond motifs is 1. The molecule has 0 saturated carbocycles. The van der Waals surface area contributed by atoms with Crippen molar-refractivity contribution in [2.45, 2.75) is 43.5 Å². The Bertz CT molecular complexity index is 781. The summed E-state index contributed by atoms with van der Waals surface area (Å²) in [5.41, 5.74) is -0.503. The van der Waals surface area contributed by atoms with E-state index < -0.39 is 30.2 Å². The number of rotatable bonds is 5. The van der Waals surface area contributed by atoms with Crippen molar-refractivity contribution in [1.29, 1.82) is 0 Å². The van der Waals surface area contributed by atoms with E-state index in [0.29, 0.717) is 18.4 Å². The molecule has 1 aliphatic rings. The van der Waals surface area contributed by atoms with Crippen molar-refractivity contribution in [2.24, 2.45) is 0 Å². The van der Waals surface area contributed by atoms with Gasteiger partial charge in [-0.15, -0.1) is 11.3 Å². The van der Waals surface area contributed by atoms with Crippen LogP contribution in [0.5, 0.6) is 0 Å². The summed E-state index contributed by atoms with van der Waals surface area (Å²) in [4.78, 5) is 11.2. The fourth-order valence-corrected chi connectivity index (χ4v) is 4.20. The van der Waals surface area contributed by atoms with Gasteiger partial charge in [0.05, 0.1) is 6.10 Å². The number of aliphatic hydroxyl groups excluding tert-OH is 2. The Labute approximate surface area is 143 Å². The van der Waals surface area contributed by atoms with Gasteiger partial charge in [0.25, 0.3) is 0 Å². The Morgan fingerprint density at radius 1 is 1.25 bits per heavy atom. The predicted molar refractivity (Wildman–Crippen MR) is 92.1 cm³/mol. The molecule has 5 nitrogen and oxygen atoms in total. The fourth-order valence-electron chi connectivity index (χ4n) is 3.21. The van der Waals surface area contributed by atoms with Crippen molar-refractivity contribution in [1.82, 2.24) is 0 Å². The van der Waals surface area contributed by atoms with Crippen LogP contribution in [0.25, 0.3) is 10.1 Å². The van der Waals surface area contributed by atoms with E-state index in [-0.39, 0.29) is 0 Å². The zero-order valence-corrected chi connectivity index (χ0v) is 13.9. The molecule has 0 radical (unpaired) electrons. The molecule has 0 bridgehead atoms. The lowest BCUT2D eigenvalue weighted by atomic mass is 9.81. The van der Waals surface area contributed by atoms with Crippen LogP contribution in [-0.4, -0.2) is 44.2 Å². The van der Waals surface area contributed by atoms with Crippen molar-refractivity contribution in [3.63, 3.8) is 0 Å². The molecule has 128 valence electrons. The summed E-state index contributed by atoms with van der Waals surface area (Å²) in [6, 6.07) is 8.14. The number of carbonyl (C=O) groups is 1. The molecule has 1 heterocycles. The molecule has 0 amide bonds. The number of aryl methyl sites for hydroxylation is 1. The Kier molecular flexibility index (Phi) is 4.73. The summed E-state index contributed by atoms with van der Waals surface area (Å²) in [6.07, 6.45) is 0.317. The quantitative estimate of drug-likeness (QED) is 0.620. The van der Waals surface area contributed by atoms with E-state index >= 15 is 0 Å². The van der Waals surface area contributed by atoms with Gasteiger partial charge in [0, 0.05) is 11.1 Å². The normalized spacial score (nSPS) is 27.2. The lowest BCUT2D eigenvalue weighted by Crippen LogP contribution is -2.48. The zero-order valence-electron chi connectivity index (χ0n) is 13.1. The molecule has 2 aromatic rings. The smallest absolute Gasteiger partial charge is 0.339 e. The average Bonchev–Trinajstić information content (AvgIpc) is 2.95. The second-order valence-electron chi connectivity index (χ2n) is 6.28. The molecule has 0 aliphatic heterocycles. The Balaban J connectivity index is 1.71. The molecule has 1 aliphatic carbocycles. The van der Waals surface area contributed by atoms with E-state index in [1.165, 1.54) is 21.7 Å². The Morgan fingerprint density at radius 3 is 2.75 bits per heavy atom. The summed E-state index contributed by atoms with van der Waals surface area (Å²) in [6.45, 7) is 0. The molecule has 1 aromatic carbocycles. The van der Waals surface area contributed by atoms with Gasteiger partial charge in [0.15, 0.2) is 5.60 Å². The first kappa shape index (κ1) is 17.1. The van der Waals surface area contributed by atoms with Gasteiger partial charge in [-0.05, 0) is 53.3 Å². The largest absolute Gasteiger partial charge is 0.479 e. The van der Waals surface area contributed by atoms with Gasteiger partial charge in [0.1, 0.15) is 6.10 Å². The average molecular weight is 348 g/mol. The number of hydrogen-bond donors (Lipinski definition) is 4. The van der Waals surface area contributed by atoms with Crippen LogP contribution in [0.15, 0.2) is 41.3 Å². The number of aliphatic hydroxyl groups is 3. The van der Waals surface area contributed by atoms with Crippen LogP contribution in [0.1, 0.15) is 24.8 Å². The Morgan fingerprint density at radius 2 is 2.00 bits per heavy atom. The number of carboxylic acid groups (broad SMARTS) is 1. The van der Waals surface area contributed by atoms with Crippen molar-refractivity contribution in [2.75, 3.05) is 0 Å². The first-order valence-electron chi connectivity index (χ1n) is 7.89. The first-order chi connectivity index (χ1) is 11.4. The highest BCUT2D eigenvalue weighted by Gasteiger charge is 2.43. The van der Waals surface area contributed by atoms with Crippen LogP contribution in [-0.2, 0) is 11.2 Å². The van der Waals surface area contributed by atoms with E-state index in [1.54, 1.807) is 11.3 Å². The van der Waals surface area contributed by atoms with Gasteiger partial charge in [-0.1, -0.05) is 18.2 Å². The predicted octanol–water partition coefficient (Wildman–Crippen LogP) is 2.09. The van der Waals surface area contributed by atoms with Crippen molar-refractivity contribution in [3.8, 4) is 0 Å². The molecule has 6 heteroatoms.